The van der Waals surface area contributed by atoms with Gasteiger partial charge in [-0.15, -0.1) is 0 Å². The average molecular weight is 406 g/mol. The lowest BCUT2D eigenvalue weighted by atomic mass is 9.75. The smallest absolute Gasteiger partial charge is 0.288 e. The Balaban J connectivity index is 1.38. The number of hydrogen-bond donors (Lipinski definition) is 1. The Morgan fingerprint density at radius 3 is 2.53 bits per heavy atom. The Kier molecular flexibility index (Phi) is 4.52. The molecule has 3 aliphatic heterocycles. The fourth-order valence-electron chi connectivity index (χ4n) is 5.37. The van der Waals surface area contributed by atoms with Gasteiger partial charge in [-0.3, -0.25) is 0 Å². The van der Waals surface area contributed by atoms with E-state index >= 15 is 0 Å². The van der Waals surface area contributed by atoms with E-state index in [0.29, 0.717) is 11.8 Å². The van der Waals surface area contributed by atoms with Gasteiger partial charge in [0.2, 0.25) is 0 Å². The lowest BCUT2D eigenvalue weighted by Crippen LogP contribution is -2.50. The van der Waals surface area contributed by atoms with Crippen molar-refractivity contribution < 1.29 is 9.13 Å². The van der Waals surface area contributed by atoms with Crippen molar-refractivity contribution in [2.24, 2.45) is 10.9 Å². The molecule has 2 fully saturated rings. The number of benzene rings is 2. The van der Waals surface area contributed by atoms with Gasteiger partial charge in [-0.05, 0) is 59.6 Å². The van der Waals surface area contributed by atoms with Crippen LogP contribution < -0.4 is 5.32 Å². The van der Waals surface area contributed by atoms with Gasteiger partial charge in [0.1, 0.15) is 11.9 Å². The normalized spacial score (nSPS) is 26.4. The van der Waals surface area contributed by atoms with Gasteiger partial charge in [0.05, 0.1) is 12.6 Å². The molecule has 1 N–H and O–H groups in total. The van der Waals surface area contributed by atoms with E-state index in [0.717, 1.165) is 44.2 Å². The molecule has 0 amide bonds. The maximum absolute atomic E-state index is 13.7. The van der Waals surface area contributed by atoms with Crippen molar-refractivity contribution in [3.63, 3.8) is 0 Å². The van der Waals surface area contributed by atoms with Gasteiger partial charge in [-0.2, -0.15) is 0 Å². The molecule has 156 valence electrons. The zero-order valence-electron chi connectivity index (χ0n) is 17.2. The van der Waals surface area contributed by atoms with E-state index in [2.05, 4.69) is 28.4 Å². The van der Waals surface area contributed by atoms with Gasteiger partial charge in [0.15, 0.2) is 0 Å². The summed E-state index contributed by atoms with van der Waals surface area (Å²) >= 11 is 0. The highest BCUT2D eigenvalue weighted by Gasteiger charge is 2.39. The largest absolute Gasteiger partial charge is 0.459 e. The van der Waals surface area contributed by atoms with Crippen molar-refractivity contribution in [1.82, 2.24) is 10.2 Å². The molecule has 0 aromatic heterocycles. The quantitative estimate of drug-likeness (QED) is 0.838. The van der Waals surface area contributed by atoms with Crippen LogP contribution in [0.2, 0.25) is 0 Å². The zero-order valence-corrected chi connectivity index (χ0v) is 17.2. The third kappa shape index (κ3) is 3.02. The molecule has 0 bridgehead atoms. The van der Waals surface area contributed by atoms with Gasteiger partial charge in [-0.1, -0.05) is 36.8 Å². The predicted octanol–water partition coefficient (Wildman–Crippen LogP) is 4.01. The summed E-state index contributed by atoms with van der Waals surface area (Å²) < 4.78 is 20.1. The number of hydrogen-bond acceptors (Lipinski definition) is 4. The Morgan fingerprint density at radius 2 is 1.83 bits per heavy atom. The van der Waals surface area contributed by atoms with E-state index in [1.807, 2.05) is 12.1 Å². The Bertz CT molecular complexity index is 965. The first-order valence-electron chi connectivity index (χ1n) is 11.3. The molecule has 5 heteroatoms. The summed E-state index contributed by atoms with van der Waals surface area (Å²) in [6, 6.07) is 14.5. The van der Waals surface area contributed by atoms with Gasteiger partial charge in [0.25, 0.3) is 6.02 Å². The predicted molar refractivity (Wildman–Crippen MR) is 115 cm³/mol. The minimum atomic E-state index is -0.198. The molecule has 1 saturated carbocycles. The van der Waals surface area contributed by atoms with Crippen LogP contribution in [0.5, 0.6) is 0 Å². The van der Waals surface area contributed by atoms with Crippen LogP contribution in [0.15, 0.2) is 47.5 Å². The van der Waals surface area contributed by atoms with Crippen LogP contribution in [-0.4, -0.2) is 43.2 Å². The molecule has 4 aliphatic rings. The second-order valence-corrected chi connectivity index (χ2v) is 9.14. The average Bonchev–Trinajstić information content (AvgIpc) is 3.15. The number of nitrogens with one attached hydrogen (secondary N) is 1. The van der Waals surface area contributed by atoms with Crippen LogP contribution in [0.1, 0.15) is 53.5 Å². The van der Waals surface area contributed by atoms with Gasteiger partial charge in [-0.25, -0.2) is 9.38 Å². The fourth-order valence-corrected chi connectivity index (χ4v) is 5.37. The van der Waals surface area contributed by atoms with Crippen molar-refractivity contribution >= 4 is 6.02 Å². The second kappa shape index (κ2) is 7.38. The fraction of sp³-hybridized carbons (Fsp3) is 0.480. The topological polar surface area (TPSA) is 36.9 Å². The molecular weight excluding hydrogens is 377 g/mol. The molecule has 1 aliphatic carbocycles. The summed E-state index contributed by atoms with van der Waals surface area (Å²) in [5.41, 5.74) is 5.45. The minimum absolute atomic E-state index is 0.0198. The third-order valence-electron chi connectivity index (χ3n) is 7.44. The summed E-state index contributed by atoms with van der Waals surface area (Å²) in [7, 11) is 0. The van der Waals surface area contributed by atoms with Crippen LogP contribution in [0.3, 0.4) is 0 Å². The van der Waals surface area contributed by atoms with E-state index in [-0.39, 0.29) is 18.0 Å². The van der Waals surface area contributed by atoms with E-state index in [1.54, 1.807) is 12.1 Å². The highest BCUT2D eigenvalue weighted by molar-refractivity contribution is 5.77. The van der Waals surface area contributed by atoms with Crippen LogP contribution in [0, 0.1) is 11.7 Å². The highest BCUT2D eigenvalue weighted by Crippen LogP contribution is 2.44. The molecule has 30 heavy (non-hydrogen) atoms. The summed E-state index contributed by atoms with van der Waals surface area (Å²) in [5, 5.41) is 3.33. The number of ether oxygens (including phenoxy) is 1. The molecule has 0 unspecified atom stereocenters. The zero-order chi connectivity index (χ0) is 20.1. The van der Waals surface area contributed by atoms with E-state index in [4.69, 9.17) is 9.73 Å². The van der Waals surface area contributed by atoms with E-state index in [9.17, 15) is 4.39 Å². The number of rotatable bonds is 3. The maximum atomic E-state index is 13.7. The standard InChI is InChI=1S/C25H28FN3O/c26-19-9-7-17(8-10-19)24-22-6-2-5-20(16-3-1-4-16)21(22)11-12-29(24)25-28-15-23(30-25)18-13-27-14-18/h2,5-10,16,18,23-24,27H,1,3-4,11-15H2/t23-,24-/m0/s1. The summed E-state index contributed by atoms with van der Waals surface area (Å²) in [6.07, 6.45) is 5.13. The summed E-state index contributed by atoms with van der Waals surface area (Å²) in [4.78, 5) is 7.13. The first-order chi connectivity index (χ1) is 14.8. The van der Waals surface area contributed by atoms with Crippen molar-refractivity contribution in [3.8, 4) is 0 Å². The number of nitrogens with zero attached hydrogens (tertiary/aromatic N) is 2. The van der Waals surface area contributed by atoms with E-state index < -0.39 is 0 Å². The number of amidine groups is 1. The van der Waals surface area contributed by atoms with Crippen LogP contribution in [-0.2, 0) is 11.2 Å². The molecule has 0 radical (unpaired) electrons. The van der Waals surface area contributed by atoms with Crippen LogP contribution in [0.4, 0.5) is 4.39 Å². The van der Waals surface area contributed by atoms with Crippen LogP contribution >= 0.6 is 0 Å². The minimum Gasteiger partial charge on any atom is -0.459 e. The lowest BCUT2D eigenvalue weighted by molar-refractivity contribution is 0.0909. The van der Waals surface area contributed by atoms with Gasteiger partial charge >= 0.3 is 0 Å². The molecule has 1 saturated heterocycles. The molecule has 6 rings (SSSR count). The monoisotopic (exact) mass is 405 g/mol. The summed E-state index contributed by atoms with van der Waals surface area (Å²) in [6.45, 7) is 3.65. The molecule has 2 aromatic carbocycles. The Hall–Kier alpha value is -2.40. The van der Waals surface area contributed by atoms with Crippen molar-refractivity contribution in [2.45, 2.75) is 43.7 Å². The molecule has 4 nitrogen and oxygen atoms in total. The van der Waals surface area contributed by atoms with Crippen LogP contribution in [0.25, 0.3) is 0 Å². The number of aliphatic imine (C=N–C) groups is 1. The van der Waals surface area contributed by atoms with Crippen molar-refractivity contribution in [1.29, 1.82) is 0 Å². The van der Waals surface area contributed by atoms with Crippen molar-refractivity contribution in [2.75, 3.05) is 26.2 Å². The Morgan fingerprint density at radius 1 is 1.03 bits per heavy atom. The molecule has 2 atom stereocenters. The highest BCUT2D eigenvalue weighted by atomic mass is 19.1. The SMILES string of the molecule is Fc1ccc([C@H]2c3cccc(C4CCC4)c3CCN2C2=NC[C@@H](C3CNC3)O2)cc1. The van der Waals surface area contributed by atoms with Gasteiger partial charge < -0.3 is 15.0 Å². The first-order valence-corrected chi connectivity index (χ1v) is 11.3. The number of halogens is 1. The van der Waals surface area contributed by atoms with Gasteiger partial charge in [0, 0.05) is 25.6 Å². The number of fused-ring (bicyclic) bond motifs is 1. The summed E-state index contributed by atoms with van der Waals surface area (Å²) in [5.74, 6) is 1.06. The van der Waals surface area contributed by atoms with Crippen molar-refractivity contribution in [3.05, 3.63) is 70.5 Å². The molecule has 0 spiro atoms. The lowest BCUT2D eigenvalue weighted by Gasteiger charge is -2.41. The first kappa shape index (κ1) is 18.4. The second-order valence-electron chi connectivity index (χ2n) is 9.14. The third-order valence-corrected chi connectivity index (χ3v) is 7.44. The molecular formula is C25H28FN3O. The van der Waals surface area contributed by atoms with E-state index in [1.165, 1.54) is 36.0 Å². The Labute approximate surface area is 177 Å². The maximum Gasteiger partial charge on any atom is 0.288 e. The molecule has 2 aromatic rings. The molecule has 3 heterocycles.